The molecule has 0 saturated heterocycles. The van der Waals surface area contributed by atoms with Crippen molar-refractivity contribution in [1.29, 1.82) is 0 Å². The summed E-state index contributed by atoms with van der Waals surface area (Å²) >= 11 is 0. The van der Waals surface area contributed by atoms with E-state index < -0.39 is 0 Å². The Morgan fingerprint density at radius 1 is 1.18 bits per heavy atom. The van der Waals surface area contributed by atoms with Gasteiger partial charge in [0.1, 0.15) is 5.82 Å². The minimum Gasteiger partial charge on any atom is -0.356 e. The molecule has 28 heavy (non-hydrogen) atoms. The average molecular weight is 380 g/mol. The van der Waals surface area contributed by atoms with Gasteiger partial charge < -0.3 is 16.0 Å². The third-order valence-electron chi connectivity index (χ3n) is 5.75. The van der Waals surface area contributed by atoms with Gasteiger partial charge in [-0.15, -0.1) is 0 Å². The molecule has 2 aromatic carbocycles. The maximum Gasteiger partial charge on any atom is 0.225 e. The molecule has 146 valence electrons. The summed E-state index contributed by atoms with van der Waals surface area (Å²) in [6.07, 6.45) is 2.62. The van der Waals surface area contributed by atoms with Crippen molar-refractivity contribution in [2.24, 2.45) is 4.99 Å². The standard InChI is InChI=1S/C22H25FN4O/c1-24-21(26-14-22(10-11-22)16-6-8-17(23)9-7-16)25-13-15-12-20(28)27-19-5-3-2-4-18(15)19/h2-9,15H,10-14H2,1H3,(H,27,28)(H2,24,25,26). The average Bonchev–Trinajstić information content (AvgIpc) is 3.49. The highest BCUT2D eigenvalue weighted by atomic mass is 19.1. The van der Waals surface area contributed by atoms with Crippen LogP contribution in [-0.2, 0) is 10.2 Å². The molecule has 2 aliphatic rings. The first-order chi connectivity index (χ1) is 13.6. The maximum absolute atomic E-state index is 13.2. The SMILES string of the molecule is CN=C(NCC1CC(=O)Nc2ccccc21)NCC1(c2ccc(F)cc2)CC1. The van der Waals surface area contributed by atoms with Crippen LogP contribution in [-0.4, -0.2) is 32.0 Å². The highest BCUT2D eigenvalue weighted by molar-refractivity contribution is 5.94. The number of benzene rings is 2. The molecule has 1 aliphatic carbocycles. The fraction of sp³-hybridized carbons (Fsp3) is 0.364. The van der Waals surface area contributed by atoms with Crippen LogP contribution < -0.4 is 16.0 Å². The lowest BCUT2D eigenvalue weighted by molar-refractivity contribution is -0.116. The molecule has 4 rings (SSSR count). The third kappa shape index (κ3) is 3.86. The second-order valence-electron chi connectivity index (χ2n) is 7.63. The number of hydrogen-bond acceptors (Lipinski definition) is 2. The van der Waals surface area contributed by atoms with Gasteiger partial charge in [-0.2, -0.15) is 0 Å². The fourth-order valence-electron chi connectivity index (χ4n) is 3.90. The topological polar surface area (TPSA) is 65.5 Å². The van der Waals surface area contributed by atoms with E-state index in [0.717, 1.165) is 42.2 Å². The molecule has 6 heteroatoms. The Balaban J connectivity index is 1.36. The molecule has 1 atom stereocenters. The van der Waals surface area contributed by atoms with Gasteiger partial charge >= 0.3 is 0 Å². The largest absolute Gasteiger partial charge is 0.356 e. The van der Waals surface area contributed by atoms with E-state index >= 15 is 0 Å². The van der Waals surface area contributed by atoms with E-state index in [9.17, 15) is 9.18 Å². The van der Waals surface area contributed by atoms with Crippen molar-refractivity contribution < 1.29 is 9.18 Å². The summed E-state index contributed by atoms with van der Waals surface area (Å²) < 4.78 is 13.2. The van der Waals surface area contributed by atoms with Gasteiger partial charge in [0.15, 0.2) is 5.96 Å². The van der Waals surface area contributed by atoms with Crippen LogP contribution in [0.1, 0.15) is 36.3 Å². The zero-order valence-electron chi connectivity index (χ0n) is 16.0. The van der Waals surface area contributed by atoms with Crippen molar-refractivity contribution in [3.05, 3.63) is 65.5 Å². The molecule has 1 amide bonds. The number of carbonyl (C=O) groups is 1. The monoisotopic (exact) mass is 380 g/mol. The minimum atomic E-state index is -0.207. The van der Waals surface area contributed by atoms with E-state index in [1.807, 2.05) is 30.3 Å². The Labute approximate surface area is 164 Å². The molecule has 0 bridgehead atoms. The lowest BCUT2D eigenvalue weighted by atomic mass is 9.90. The number of para-hydroxylation sites is 1. The van der Waals surface area contributed by atoms with Crippen molar-refractivity contribution in [3.63, 3.8) is 0 Å². The number of anilines is 1. The van der Waals surface area contributed by atoms with E-state index in [1.54, 1.807) is 7.05 Å². The van der Waals surface area contributed by atoms with Crippen LogP contribution in [0.5, 0.6) is 0 Å². The number of nitrogens with zero attached hydrogens (tertiary/aromatic N) is 1. The molecule has 1 aliphatic heterocycles. The van der Waals surface area contributed by atoms with Gasteiger partial charge in [0, 0.05) is 43.6 Å². The summed E-state index contributed by atoms with van der Waals surface area (Å²) in [6, 6.07) is 14.7. The first-order valence-corrected chi connectivity index (χ1v) is 9.69. The molecule has 1 heterocycles. The summed E-state index contributed by atoms with van der Waals surface area (Å²) in [5.41, 5.74) is 3.26. The Morgan fingerprint density at radius 3 is 2.64 bits per heavy atom. The number of halogens is 1. The predicted molar refractivity (Wildman–Crippen MR) is 109 cm³/mol. The normalized spacial score (nSPS) is 20.1. The van der Waals surface area contributed by atoms with Crippen LogP contribution in [0, 0.1) is 5.82 Å². The number of rotatable bonds is 5. The van der Waals surface area contributed by atoms with Crippen molar-refractivity contribution in [2.45, 2.75) is 30.6 Å². The van der Waals surface area contributed by atoms with Crippen molar-refractivity contribution in [3.8, 4) is 0 Å². The number of guanidine groups is 1. The number of carbonyl (C=O) groups excluding carboxylic acids is 1. The molecule has 0 aromatic heterocycles. The first-order valence-electron chi connectivity index (χ1n) is 9.69. The van der Waals surface area contributed by atoms with Gasteiger partial charge in [0.25, 0.3) is 0 Å². The lowest BCUT2D eigenvalue weighted by Gasteiger charge is -2.26. The molecule has 3 N–H and O–H groups in total. The summed E-state index contributed by atoms with van der Waals surface area (Å²) in [7, 11) is 1.74. The molecule has 1 fully saturated rings. The number of nitrogens with one attached hydrogen (secondary N) is 3. The second-order valence-corrected chi connectivity index (χ2v) is 7.63. The van der Waals surface area contributed by atoms with E-state index in [1.165, 1.54) is 12.1 Å². The summed E-state index contributed by atoms with van der Waals surface area (Å²) in [6.45, 7) is 1.38. The number of amides is 1. The molecule has 1 saturated carbocycles. The van der Waals surface area contributed by atoms with E-state index in [2.05, 4.69) is 27.0 Å². The summed E-state index contributed by atoms with van der Waals surface area (Å²) in [5.74, 6) is 0.663. The van der Waals surface area contributed by atoms with Crippen molar-refractivity contribution >= 4 is 17.6 Å². The number of fused-ring (bicyclic) bond motifs is 1. The minimum absolute atomic E-state index is 0.0432. The molecule has 2 aromatic rings. The van der Waals surface area contributed by atoms with Crippen LogP contribution in [0.25, 0.3) is 0 Å². The molecule has 0 radical (unpaired) electrons. The first kappa shape index (κ1) is 18.5. The van der Waals surface area contributed by atoms with Gasteiger partial charge in [0.2, 0.25) is 5.91 Å². The van der Waals surface area contributed by atoms with Gasteiger partial charge in [-0.3, -0.25) is 9.79 Å². The predicted octanol–water partition coefficient (Wildman–Crippen LogP) is 3.15. The summed E-state index contributed by atoms with van der Waals surface area (Å²) in [5, 5.41) is 9.69. The fourth-order valence-corrected chi connectivity index (χ4v) is 3.90. The van der Waals surface area contributed by atoms with E-state index in [4.69, 9.17) is 0 Å². The van der Waals surface area contributed by atoms with Gasteiger partial charge in [-0.05, 0) is 42.2 Å². The maximum atomic E-state index is 13.2. The van der Waals surface area contributed by atoms with Crippen molar-refractivity contribution in [2.75, 3.05) is 25.5 Å². The van der Waals surface area contributed by atoms with Gasteiger partial charge in [0.05, 0.1) is 0 Å². The van der Waals surface area contributed by atoms with Gasteiger partial charge in [-0.1, -0.05) is 30.3 Å². The Kier molecular flexibility index (Phi) is 5.03. The molecule has 5 nitrogen and oxygen atoms in total. The zero-order chi connectivity index (χ0) is 19.6. The molecular weight excluding hydrogens is 355 g/mol. The van der Waals surface area contributed by atoms with Crippen LogP contribution in [0.15, 0.2) is 53.5 Å². The second kappa shape index (κ2) is 7.62. The van der Waals surface area contributed by atoms with Crippen molar-refractivity contribution in [1.82, 2.24) is 10.6 Å². The number of aliphatic imine (C=N–C) groups is 1. The highest BCUT2D eigenvalue weighted by Crippen LogP contribution is 2.47. The van der Waals surface area contributed by atoms with Crippen LogP contribution in [0.3, 0.4) is 0 Å². The van der Waals surface area contributed by atoms with E-state index in [-0.39, 0.29) is 23.1 Å². The van der Waals surface area contributed by atoms with Crippen LogP contribution in [0.2, 0.25) is 0 Å². The van der Waals surface area contributed by atoms with Crippen LogP contribution in [0.4, 0.5) is 10.1 Å². The van der Waals surface area contributed by atoms with Crippen LogP contribution >= 0.6 is 0 Å². The van der Waals surface area contributed by atoms with E-state index in [0.29, 0.717) is 13.0 Å². The Bertz CT molecular complexity index is 890. The smallest absolute Gasteiger partial charge is 0.225 e. The molecular formula is C22H25FN4O. The lowest BCUT2D eigenvalue weighted by Crippen LogP contribution is -2.43. The summed E-state index contributed by atoms with van der Waals surface area (Å²) in [4.78, 5) is 16.3. The number of hydrogen-bond donors (Lipinski definition) is 3. The quantitative estimate of drug-likeness (QED) is 0.552. The third-order valence-corrected chi connectivity index (χ3v) is 5.75. The Morgan fingerprint density at radius 2 is 1.93 bits per heavy atom. The van der Waals surface area contributed by atoms with Gasteiger partial charge in [-0.25, -0.2) is 4.39 Å². The highest BCUT2D eigenvalue weighted by Gasteiger charge is 2.44. The molecule has 0 spiro atoms. The zero-order valence-corrected chi connectivity index (χ0v) is 16.0. The molecule has 1 unspecified atom stereocenters. The Hall–Kier alpha value is -2.89.